The third-order valence-electron chi connectivity index (χ3n) is 7.02. The van der Waals surface area contributed by atoms with Gasteiger partial charge in [-0.3, -0.25) is 0 Å². The predicted octanol–water partition coefficient (Wildman–Crippen LogP) is 10.2. The summed E-state index contributed by atoms with van der Waals surface area (Å²) in [6, 6.07) is 55.0. The van der Waals surface area contributed by atoms with Crippen LogP contribution in [0.5, 0.6) is 0 Å². The van der Waals surface area contributed by atoms with Crippen molar-refractivity contribution in [3.05, 3.63) is 163 Å². The Morgan fingerprint density at radius 3 is 1.20 bits per heavy atom. The van der Waals surface area contributed by atoms with E-state index in [2.05, 4.69) is 156 Å². The normalized spacial score (nSPS) is 10.7. The van der Waals surface area contributed by atoms with E-state index in [0.29, 0.717) is 0 Å². The highest BCUT2D eigenvalue weighted by atomic mass is 15.1. The van der Waals surface area contributed by atoms with Crippen LogP contribution in [0.25, 0.3) is 11.1 Å². The van der Waals surface area contributed by atoms with Gasteiger partial charge >= 0.3 is 0 Å². The molecule has 3 nitrogen and oxygen atoms in total. The summed E-state index contributed by atoms with van der Waals surface area (Å²) < 4.78 is 0. The molecule has 0 fully saturated rings. The first kappa shape index (κ1) is 25.0. The fourth-order valence-corrected chi connectivity index (χ4v) is 5.04. The molecule has 0 amide bonds. The van der Waals surface area contributed by atoms with E-state index in [4.69, 9.17) is 5.73 Å². The lowest BCUT2D eigenvalue weighted by atomic mass is 10.0. The minimum Gasteiger partial charge on any atom is -0.399 e. The number of hydrogen-bond acceptors (Lipinski definition) is 3. The number of hydrogen-bond donors (Lipinski definition) is 1. The molecular formula is C37H31N3. The molecule has 0 heterocycles. The number of para-hydroxylation sites is 2. The van der Waals surface area contributed by atoms with E-state index in [1.165, 1.54) is 16.7 Å². The molecule has 194 valence electrons. The fraction of sp³-hybridized carbons (Fsp3) is 0.0270. The largest absolute Gasteiger partial charge is 0.399 e. The minimum atomic E-state index is 0.754. The number of anilines is 7. The van der Waals surface area contributed by atoms with Gasteiger partial charge in [0.15, 0.2) is 0 Å². The molecule has 0 atom stereocenters. The van der Waals surface area contributed by atoms with Gasteiger partial charge in [-0.25, -0.2) is 0 Å². The van der Waals surface area contributed by atoms with Crippen LogP contribution in [0.1, 0.15) is 5.56 Å². The second-order valence-electron chi connectivity index (χ2n) is 9.87. The zero-order valence-corrected chi connectivity index (χ0v) is 22.5. The predicted molar refractivity (Wildman–Crippen MR) is 170 cm³/mol. The van der Waals surface area contributed by atoms with Gasteiger partial charge in [0.2, 0.25) is 0 Å². The van der Waals surface area contributed by atoms with Crippen molar-refractivity contribution in [1.29, 1.82) is 0 Å². The van der Waals surface area contributed by atoms with Crippen LogP contribution in [0.15, 0.2) is 158 Å². The number of benzene rings is 6. The molecule has 0 unspecified atom stereocenters. The Bertz CT molecular complexity index is 1680. The quantitative estimate of drug-likeness (QED) is 0.214. The van der Waals surface area contributed by atoms with Crippen LogP contribution in [0.4, 0.5) is 39.8 Å². The summed E-state index contributed by atoms with van der Waals surface area (Å²) in [6.45, 7) is 2.13. The van der Waals surface area contributed by atoms with Gasteiger partial charge in [-0.1, -0.05) is 72.8 Å². The number of nitrogens with two attached hydrogens (primary N) is 1. The number of nitrogen functional groups attached to an aromatic ring is 1. The summed E-state index contributed by atoms with van der Waals surface area (Å²) in [7, 11) is 0. The van der Waals surface area contributed by atoms with Gasteiger partial charge in [-0.05, 0) is 109 Å². The lowest BCUT2D eigenvalue weighted by Crippen LogP contribution is -2.10. The number of rotatable bonds is 7. The van der Waals surface area contributed by atoms with Gasteiger partial charge in [0.05, 0.1) is 0 Å². The van der Waals surface area contributed by atoms with Crippen LogP contribution in [0.2, 0.25) is 0 Å². The smallest absolute Gasteiger partial charge is 0.0464 e. The SMILES string of the molecule is Cc1cccc(N(c2ccccc2)c2ccc(-c3ccc(N(c4ccccc4)c4ccc(N)cc4)cc3)cc2)c1. The van der Waals surface area contributed by atoms with E-state index in [1.54, 1.807) is 0 Å². The average Bonchev–Trinajstić information content (AvgIpc) is 3.00. The molecule has 0 aliphatic rings. The molecule has 6 aromatic carbocycles. The van der Waals surface area contributed by atoms with Crippen LogP contribution in [0, 0.1) is 6.92 Å². The van der Waals surface area contributed by atoms with E-state index in [0.717, 1.165) is 39.8 Å². The highest BCUT2D eigenvalue weighted by molar-refractivity contribution is 5.81. The van der Waals surface area contributed by atoms with E-state index in [-0.39, 0.29) is 0 Å². The zero-order chi connectivity index (χ0) is 27.3. The Balaban J connectivity index is 1.32. The molecule has 0 bridgehead atoms. The van der Waals surface area contributed by atoms with E-state index >= 15 is 0 Å². The molecule has 0 saturated heterocycles. The Kier molecular flexibility index (Phi) is 7.02. The maximum atomic E-state index is 5.97. The Morgan fingerprint density at radius 1 is 0.375 bits per heavy atom. The molecular weight excluding hydrogens is 486 g/mol. The van der Waals surface area contributed by atoms with Gasteiger partial charge in [0.1, 0.15) is 0 Å². The summed E-state index contributed by atoms with van der Waals surface area (Å²) >= 11 is 0. The first-order valence-corrected chi connectivity index (χ1v) is 13.5. The second-order valence-corrected chi connectivity index (χ2v) is 9.87. The van der Waals surface area contributed by atoms with Crippen molar-refractivity contribution in [2.75, 3.05) is 15.5 Å². The zero-order valence-electron chi connectivity index (χ0n) is 22.5. The van der Waals surface area contributed by atoms with Crippen molar-refractivity contribution in [3.8, 4) is 11.1 Å². The molecule has 3 heteroatoms. The summed E-state index contributed by atoms with van der Waals surface area (Å²) in [6.07, 6.45) is 0. The topological polar surface area (TPSA) is 32.5 Å². The van der Waals surface area contributed by atoms with E-state index < -0.39 is 0 Å². The van der Waals surface area contributed by atoms with Gasteiger partial charge in [-0.15, -0.1) is 0 Å². The molecule has 40 heavy (non-hydrogen) atoms. The monoisotopic (exact) mass is 517 g/mol. The Labute approximate surface area is 236 Å². The van der Waals surface area contributed by atoms with Crippen LogP contribution >= 0.6 is 0 Å². The van der Waals surface area contributed by atoms with Gasteiger partial charge < -0.3 is 15.5 Å². The molecule has 0 spiro atoms. The molecule has 0 aliphatic heterocycles. The maximum absolute atomic E-state index is 5.97. The van der Waals surface area contributed by atoms with Crippen LogP contribution in [0.3, 0.4) is 0 Å². The van der Waals surface area contributed by atoms with Crippen molar-refractivity contribution >= 4 is 39.8 Å². The molecule has 6 rings (SSSR count). The minimum absolute atomic E-state index is 0.754. The van der Waals surface area contributed by atoms with Crippen LogP contribution in [-0.2, 0) is 0 Å². The third kappa shape index (κ3) is 5.31. The molecule has 0 aromatic heterocycles. The molecule has 6 aromatic rings. The highest BCUT2D eigenvalue weighted by Gasteiger charge is 2.14. The van der Waals surface area contributed by atoms with Gasteiger partial charge in [0, 0.05) is 39.8 Å². The summed E-state index contributed by atoms with van der Waals surface area (Å²) in [5, 5.41) is 0. The van der Waals surface area contributed by atoms with Crippen molar-refractivity contribution in [2.45, 2.75) is 6.92 Å². The van der Waals surface area contributed by atoms with Crippen molar-refractivity contribution in [3.63, 3.8) is 0 Å². The fourth-order valence-electron chi connectivity index (χ4n) is 5.04. The van der Waals surface area contributed by atoms with Crippen molar-refractivity contribution < 1.29 is 0 Å². The Hall–Kier alpha value is -5.28. The van der Waals surface area contributed by atoms with Crippen molar-refractivity contribution in [2.24, 2.45) is 0 Å². The van der Waals surface area contributed by atoms with Crippen LogP contribution in [-0.4, -0.2) is 0 Å². The maximum Gasteiger partial charge on any atom is 0.0464 e. The first-order valence-electron chi connectivity index (χ1n) is 13.5. The standard InChI is InChI=1S/C37H31N3/c1-28-9-8-14-37(27-28)40(33-12-6-3-7-13-33)35-23-17-30(18-24-35)29-15-21-34(22-16-29)39(32-10-4-2-5-11-32)36-25-19-31(38)20-26-36/h2-27H,38H2,1H3. The average molecular weight is 518 g/mol. The molecule has 0 radical (unpaired) electrons. The number of nitrogens with zero attached hydrogens (tertiary/aromatic N) is 2. The van der Waals surface area contributed by atoms with Crippen molar-refractivity contribution in [1.82, 2.24) is 0 Å². The molecule has 2 N–H and O–H groups in total. The van der Waals surface area contributed by atoms with Gasteiger partial charge in [-0.2, -0.15) is 0 Å². The second kappa shape index (κ2) is 11.2. The Morgan fingerprint density at radius 2 is 0.750 bits per heavy atom. The number of aryl methyl sites for hydroxylation is 1. The first-order chi connectivity index (χ1) is 19.7. The highest BCUT2D eigenvalue weighted by Crippen LogP contribution is 2.38. The molecule has 0 aliphatic carbocycles. The summed E-state index contributed by atoms with van der Waals surface area (Å²) in [5.41, 5.74) is 17.0. The summed E-state index contributed by atoms with van der Waals surface area (Å²) in [5.74, 6) is 0. The van der Waals surface area contributed by atoms with E-state index in [1.807, 2.05) is 18.2 Å². The van der Waals surface area contributed by atoms with E-state index in [9.17, 15) is 0 Å². The summed E-state index contributed by atoms with van der Waals surface area (Å²) in [4.78, 5) is 4.54. The van der Waals surface area contributed by atoms with Gasteiger partial charge in [0.25, 0.3) is 0 Å². The van der Waals surface area contributed by atoms with Crippen LogP contribution < -0.4 is 15.5 Å². The molecule has 0 saturated carbocycles. The lowest BCUT2D eigenvalue weighted by Gasteiger charge is -2.26. The third-order valence-corrected chi connectivity index (χ3v) is 7.02. The lowest BCUT2D eigenvalue weighted by molar-refractivity contribution is 1.27.